The van der Waals surface area contributed by atoms with E-state index in [1.54, 1.807) is 0 Å². The highest BCUT2D eigenvalue weighted by atomic mass is 14.8. The van der Waals surface area contributed by atoms with Crippen molar-refractivity contribution in [2.45, 2.75) is 39.2 Å². The lowest BCUT2D eigenvalue weighted by molar-refractivity contribution is 0.292. The first kappa shape index (κ1) is 11.5. The minimum Gasteiger partial charge on any atom is -0.399 e. The molecule has 0 amide bonds. The fourth-order valence-corrected chi connectivity index (χ4v) is 2.21. The van der Waals surface area contributed by atoms with E-state index in [1.807, 2.05) is 12.1 Å². The average Bonchev–Trinajstić information content (AvgIpc) is 2.21. The molecular weight excluding hydrogens is 196 g/mol. The molecule has 2 rings (SSSR count). The van der Waals surface area contributed by atoms with Gasteiger partial charge < -0.3 is 11.1 Å². The summed E-state index contributed by atoms with van der Waals surface area (Å²) in [5, 5.41) is 3.51. The smallest absolute Gasteiger partial charge is 0.0346 e. The Morgan fingerprint density at radius 3 is 2.88 bits per heavy atom. The molecule has 1 aromatic rings. The molecule has 1 saturated carbocycles. The van der Waals surface area contributed by atoms with Gasteiger partial charge in [0.25, 0.3) is 0 Å². The fourth-order valence-electron chi connectivity index (χ4n) is 2.21. The SMILES string of the molecule is Cc1c(N)cccc1CNCCC1CCC1. The summed E-state index contributed by atoms with van der Waals surface area (Å²) in [5.74, 6) is 0.995. The Kier molecular flexibility index (Phi) is 3.83. The Hall–Kier alpha value is -1.02. The highest BCUT2D eigenvalue weighted by molar-refractivity contribution is 5.49. The molecule has 3 N–H and O–H groups in total. The van der Waals surface area contributed by atoms with Crippen LogP contribution >= 0.6 is 0 Å². The topological polar surface area (TPSA) is 38.0 Å². The van der Waals surface area contributed by atoms with Gasteiger partial charge in [0.2, 0.25) is 0 Å². The lowest BCUT2D eigenvalue weighted by Crippen LogP contribution is -2.21. The highest BCUT2D eigenvalue weighted by Gasteiger charge is 2.16. The molecule has 0 heterocycles. The molecule has 88 valence electrons. The molecule has 1 aromatic carbocycles. The largest absolute Gasteiger partial charge is 0.399 e. The van der Waals surface area contributed by atoms with Gasteiger partial charge in [-0.3, -0.25) is 0 Å². The van der Waals surface area contributed by atoms with E-state index >= 15 is 0 Å². The van der Waals surface area contributed by atoms with Crippen LogP contribution in [0.3, 0.4) is 0 Å². The molecular formula is C14H22N2. The van der Waals surface area contributed by atoms with Gasteiger partial charge in [0.15, 0.2) is 0 Å². The van der Waals surface area contributed by atoms with Crippen LogP contribution in [0.1, 0.15) is 36.8 Å². The number of hydrogen-bond donors (Lipinski definition) is 2. The maximum absolute atomic E-state index is 5.88. The van der Waals surface area contributed by atoms with Crippen LogP contribution in [0, 0.1) is 12.8 Å². The summed E-state index contributed by atoms with van der Waals surface area (Å²) in [6.07, 6.45) is 5.67. The first-order chi connectivity index (χ1) is 7.77. The molecule has 0 unspecified atom stereocenters. The zero-order valence-electron chi connectivity index (χ0n) is 10.1. The normalized spacial score (nSPS) is 16.1. The van der Waals surface area contributed by atoms with Crippen molar-refractivity contribution in [2.75, 3.05) is 12.3 Å². The van der Waals surface area contributed by atoms with Crippen molar-refractivity contribution in [1.82, 2.24) is 5.32 Å². The number of anilines is 1. The Bertz CT molecular complexity index is 343. The van der Waals surface area contributed by atoms with Gasteiger partial charge in [-0.2, -0.15) is 0 Å². The number of nitrogen functional groups attached to an aromatic ring is 1. The standard InChI is InChI=1S/C14H22N2/c1-11-13(6-3-7-14(11)15)10-16-9-8-12-4-2-5-12/h3,6-7,12,16H,2,4-5,8-10,15H2,1H3. The molecule has 0 aromatic heterocycles. The van der Waals surface area contributed by atoms with Gasteiger partial charge in [0, 0.05) is 12.2 Å². The lowest BCUT2D eigenvalue weighted by atomic mass is 9.83. The minimum absolute atomic E-state index is 0.901. The number of benzene rings is 1. The molecule has 0 aliphatic heterocycles. The first-order valence-corrected chi connectivity index (χ1v) is 6.32. The van der Waals surface area contributed by atoms with Gasteiger partial charge in [-0.1, -0.05) is 31.4 Å². The van der Waals surface area contributed by atoms with E-state index in [2.05, 4.69) is 18.3 Å². The minimum atomic E-state index is 0.901. The van der Waals surface area contributed by atoms with Gasteiger partial charge in [-0.05, 0) is 43.0 Å². The van der Waals surface area contributed by atoms with Crippen LogP contribution in [0.5, 0.6) is 0 Å². The lowest BCUT2D eigenvalue weighted by Gasteiger charge is -2.25. The molecule has 1 aliphatic carbocycles. The average molecular weight is 218 g/mol. The molecule has 0 saturated heterocycles. The van der Waals surface area contributed by atoms with Crippen molar-refractivity contribution < 1.29 is 0 Å². The fraction of sp³-hybridized carbons (Fsp3) is 0.571. The van der Waals surface area contributed by atoms with E-state index in [-0.39, 0.29) is 0 Å². The Balaban J connectivity index is 1.73. The number of rotatable bonds is 5. The van der Waals surface area contributed by atoms with E-state index < -0.39 is 0 Å². The van der Waals surface area contributed by atoms with Crippen molar-refractivity contribution in [3.05, 3.63) is 29.3 Å². The van der Waals surface area contributed by atoms with Crippen molar-refractivity contribution in [1.29, 1.82) is 0 Å². The van der Waals surface area contributed by atoms with Crippen LogP contribution in [0.4, 0.5) is 5.69 Å². The number of hydrogen-bond acceptors (Lipinski definition) is 2. The predicted molar refractivity (Wildman–Crippen MR) is 69.3 cm³/mol. The van der Waals surface area contributed by atoms with Gasteiger partial charge in [-0.15, -0.1) is 0 Å². The summed E-state index contributed by atoms with van der Waals surface area (Å²) in [6.45, 7) is 4.18. The van der Waals surface area contributed by atoms with Crippen LogP contribution in [0.25, 0.3) is 0 Å². The summed E-state index contributed by atoms with van der Waals surface area (Å²) < 4.78 is 0. The van der Waals surface area contributed by atoms with E-state index in [1.165, 1.54) is 36.8 Å². The molecule has 1 fully saturated rings. The van der Waals surface area contributed by atoms with Gasteiger partial charge in [-0.25, -0.2) is 0 Å². The molecule has 1 aliphatic rings. The molecule has 0 atom stereocenters. The van der Waals surface area contributed by atoms with Crippen molar-refractivity contribution in [3.8, 4) is 0 Å². The molecule has 16 heavy (non-hydrogen) atoms. The molecule has 2 nitrogen and oxygen atoms in total. The van der Waals surface area contributed by atoms with Gasteiger partial charge in [0.1, 0.15) is 0 Å². The quantitative estimate of drug-likeness (QED) is 0.589. The third kappa shape index (κ3) is 2.76. The molecule has 0 spiro atoms. The predicted octanol–water partition coefficient (Wildman–Crippen LogP) is 2.86. The second kappa shape index (κ2) is 5.35. The van der Waals surface area contributed by atoms with Crippen LogP contribution in [-0.4, -0.2) is 6.54 Å². The van der Waals surface area contributed by atoms with Gasteiger partial charge >= 0.3 is 0 Å². The highest BCUT2D eigenvalue weighted by Crippen LogP contribution is 2.28. The third-order valence-electron chi connectivity index (χ3n) is 3.76. The van der Waals surface area contributed by atoms with Crippen molar-refractivity contribution >= 4 is 5.69 Å². The number of nitrogens with one attached hydrogen (secondary N) is 1. The van der Waals surface area contributed by atoms with Crippen LogP contribution < -0.4 is 11.1 Å². The number of nitrogens with two attached hydrogens (primary N) is 1. The molecule has 0 radical (unpaired) electrons. The maximum atomic E-state index is 5.88. The zero-order valence-corrected chi connectivity index (χ0v) is 10.1. The second-order valence-corrected chi connectivity index (χ2v) is 4.89. The van der Waals surface area contributed by atoms with E-state index in [0.29, 0.717) is 0 Å². The Labute approximate surface area is 98.2 Å². The third-order valence-corrected chi connectivity index (χ3v) is 3.76. The Morgan fingerprint density at radius 1 is 1.38 bits per heavy atom. The van der Waals surface area contributed by atoms with Crippen LogP contribution in [0.2, 0.25) is 0 Å². The molecule has 0 bridgehead atoms. The summed E-state index contributed by atoms with van der Waals surface area (Å²) >= 11 is 0. The van der Waals surface area contributed by atoms with Crippen LogP contribution in [0.15, 0.2) is 18.2 Å². The molecule has 2 heteroatoms. The summed E-state index contributed by atoms with van der Waals surface area (Å²) in [4.78, 5) is 0. The van der Waals surface area contributed by atoms with Crippen LogP contribution in [-0.2, 0) is 6.54 Å². The second-order valence-electron chi connectivity index (χ2n) is 4.89. The Morgan fingerprint density at radius 2 is 2.19 bits per heavy atom. The van der Waals surface area contributed by atoms with Gasteiger partial charge in [0.05, 0.1) is 0 Å². The van der Waals surface area contributed by atoms with Crippen molar-refractivity contribution in [2.24, 2.45) is 5.92 Å². The summed E-state index contributed by atoms with van der Waals surface area (Å²) in [7, 11) is 0. The summed E-state index contributed by atoms with van der Waals surface area (Å²) in [5.41, 5.74) is 9.33. The monoisotopic (exact) mass is 218 g/mol. The maximum Gasteiger partial charge on any atom is 0.0346 e. The zero-order chi connectivity index (χ0) is 11.4. The van der Waals surface area contributed by atoms with Crippen molar-refractivity contribution in [3.63, 3.8) is 0 Å². The van der Waals surface area contributed by atoms with E-state index in [0.717, 1.165) is 24.7 Å². The van der Waals surface area contributed by atoms with E-state index in [4.69, 9.17) is 5.73 Å². The van der Waals surface area contributed by atoms with E-state index in [9.17, 15) is 0 Å². The first-order valence-electron chi connectivity index (χ1n) is 6.32. The summed E-state index contributed by atoms with van der Waals surface area (Å²) in [6, 6.07) is 6.15.